The Balaban J connectivity index is 1.76. The summed E-state index contributed by atoms with van der Waals surface area (Å²) >= 11 is 0. The molecule has 25 heavy (non-hydrogen) atoms. The molecule has 3 aromatic rings. The molecule has 126 valence electrons. The van der Waals surface area contributed by atoms with Crippen LogP contribution < -0.4 is 10.2 Å². The lowest BCUT2D eigenvalue weighted by molar-refractivity contribution is 0.340. The van der Waals surface area contributed by atoms with Gasteiger partial charge in [0, 0.05) is 23.4 Å². The van der Waals surface area contributed by atoms with Crippen molar-refractivity contribution >= 4 is 28.9 Å². The van der Waals surface area contributed by atoms with E-state index in [9.17, 15) is 0 Å². The summed E-state index contributed by atoms with van der Waals surface area (Å²) < 4.78 is 5.55. The summed E-state index contributed by atoms with van der Waals surface area (Å²) in [4.78, 5) is 4.58. The third-order valence-corrected chi connectivity index (χ3v) is 3.65. The van der Waals surface area contributed by atoms with Crippen LogP contribution in [0.3, 0.4) is 0 Å². The van der Waals surface area contributed by atoms with Crippen LogP contribution in [0, 0.1) is 6.92 Å². The van der Waals surface area contributed by atoms with Gasteiger partial charge in [-0.25, -0.2) is 0 Å². The number of pyridine rings is 1. The van der Waals surface area contributed by atoms with Crippen molar-refractivity contribution in [2.24, 2.45) is 5.10 Å². The summed E-state index contributed by atoms with van der Waals surface area (Å²) in [7, 11) is 0. The second-order valence-corrected chi connectivity index (χ2v) is 5.58. The standard InChI is InChI=1S/C21H21N3O/c1-3-25-18-11-12-19-20(15-18)23-16(2)14-21(19)24-22-13-7-10-17-8-5-4-6-9-17/h4-15H,3H2,1-2H3,(H,23,24). The van der Waals surface area contributed by atoms with Gasteiger partial charge in [0.1, 0.15) is 5.75 Å². The van der Waals surface area contributed by atoms with E-state index in [0.29, 0.717) is 6.61 Å². The molecule has 0 amide bonds. The van der Waals surface area contributed by atoms with Crippen molar-refractivity contribution < 1.29 is 4.74 Å². The minimum atomic E-state index is 0.639. The van der Waals surface area contributed by atoms with Gasteiger partial charge in [0.05, 0.1) is 17.8 Å². The molecule has 0 fully saturated rings. The molecule has 3 rings (SSSR count). The highest BCUT2D eigenvalue weighted by atomic mass is 16.5. The summed E-state index contributed by atoms with van der Waals surface area (Å²) in [5, 5.41) is 5.30. The van der Waals surface area contributed by atoms with E-state index in [2.05, 4.69) is 15.5 Å². The average Bonchev–Trinajstić information content (AvgIpc) is 2.62. The minimum absolute atomic E-state index is 0.639. The Hall–Kier alpha value is -3.14. The van der Waals surface area contributed by atoms with E-state index in [1.54, 1.807) is 6.21 Å². The van der Waals surface area contributed by atoms with Gasteiger partial charge < -0.3 is 4.74 Å². The second kappa shape index (κ2) is 8.11. The zero-order valence-corrected chi connectivity index (χ0v) is 14.4. The number of allylic oxidation sites excluding steroid dienone is 1. The molecule has 1 aromatic heterocycles. The first kappa shape index (κ1) is 16.7. The van der Waals surface area contributed by atoms with E-state index in [1.165, 1.54) is 0 Å². The van der Waals surface area contributed by atoms with E-state index in [1.807, 2.05) is 80.6 Å². The number of rotatable bonds is 6. The Kier molecular flexibility index (Phi) is 5.42. The van der Waals surface area contributed by atoms with Crippen molar-refractivity contribution in [2.75, 3.05) is 12.0 Å². The molecule has 0 saturated carbocycles. The van der Waals surface area contributed by atoms with Gasteiger partial charge in [0.2, 0.25) is 0 Å². The summed E-state index contributed by atoms with van der Waals surface area (Å²) in [6, 6.07) is 18.0. The van der Waals surface area contributed by atoms with Crippen LogP contribution in [-0.4, -0.2) is 17.8 Å². The minimum Gasteiger partial charge on any atom is -0.494 e. The Labute approximate surface area is 147 Å². The van der Waals surface area contributed by atoms with E-state index in [0.717, 1.165) is 33.6 Å². The SMILES string of the molecule is CCOc1ccc2c(NN=CC=Cc3ccccc3)cc(C)nc2c1. The summed E-state index contributed by atoms with van der Waals surface area (Å²) in [6.45, 7) is 4.58. The van der Waals surface area contributed by atoms with Gasteiger partial charge >= 0.3 is 0 Å². The van der Waals surface area contributed by atoms with Crippen molar-refractivity contribution in [1.82, 2.24) is 4.98 Å². The van der Waals surface area contributed by atoms with Crippen LogP contribution in [0.1, 0.15) is 18.2 Å². The summed E-state index contributed by atoms with van der Waals surface area (Å²) in [5.74, 6) is 0.827. The maximum Gasteiger partial charge on any atom is 0.121 e. The Morgan fingerprint density at radius 3 is 2.76 bits per heavy atom. The molecule has 1 heterocycles. The van der Waals surface area contributed by atoms with E-state index in [4.69, 9.17) is 4.74 Å². The Morgan fingerprint density at radius 2 is 1.96 bits per heavy atom. The highest BCUT2D eigenvalue weighted by molar-refractivity contribution is 5.92. The van der Waals surface area contributed by atoms with Gasteiger partial charge in [-0.2, -0.15) is 5.10 Å². The largest absolute Gasteiger partial charge is 0.494 e. The number of ether oxygens (including phenoxy) is 1. The fraction of sp³-hybridized carbons (Fsp3) is 0.143. The summed E-state index contributed by atoms with van der Waals surface area (Å²) in [6.07, 6.45) is 5.66. The molecule has 0 atom stereocenters. The number of hydrogen-bond acceptors (Lipinski definition) is 4. The zero-order chi connectivity index (χ0) is 17.5. The quantitative estimate of drug-likeness (QED) is 0.508. The fourth-order valence-corrected chi connectivity index (χ4v) is 2.56. The predicted molar refractivity (Wildman–Crippen MR) is 105 cm³/mol. The third kappa shape index (κ3) is 4.44. The average molecular weight is 331 g/mol. The fourth-order valence-electron chi connectivity index (χ4n) is 2.56. The molecule has 4 heteroatoms. The van der Waals surface area contributed by atoms with Crippen LogP contribution in [0.15, 0.2) is 65.8 Å². The molecule has 0 aliphatic rings. The van der Waals surface area contributed by atoms with Gasteiger partial charge in [-0.1, -0.05) is 36.4 Å². The van der Waals surface area contributed by atoms with Crippen LogP contribution >= 0.6 is 0 Å². The van der Waals surface area contributed by atoms with Gasteiger partial charge in [-0.05, 0) is 43.7 Å². The molecule has 0 bridgehead atoms. The van der Waals surface area contributed by atoms with E-state index >= 15 is 0 Å². The second-order valence-electron chi connectivity index (χ2n) is 5.58. The Bertz CT molecular complexity index is 902. The molecule has 0 spiro atoms. The van der Waals surface area contributed by atoms with E-state index in [-0.39, 0.29) is 0 Å². The van der Waals surface area contributed by atoms with Gasteiger partial charge in [0.15, 0.2) is 0 Å². The molecular formula is C21H21N3O. The molecule has 2 aromatic carbocycles. The first-order valence-corrected chi connectivity index (χ1v) is 8.31. The smallest absolute Gasteiger partial charge is 0.121 e. The number of aryl methyl sites for hydroxylation is 1. The highest BCUT2D eigenvalue weighted by Crippen LogP contribution is 2.26. The van der Waals surface area contributed by atoms with Crippen molar-refractivity contribution in [2.45, 2.75) is 13.8 Å². The molecule has 0 aliphatic carbocycles. The van der Waals surface area contributed by atoms with Crippen LogP contribution in [-0.2, 0) is 0 Å². The number of fused-ring (bicyclic) bond motifs is 1. The normalized spacial score (nSPS) is 11.4. The topological polar surface area (TPSA) is 46.5 Å². The number of hydrazone groups is 1. The third-order valence-electron chi connectivity index (χ3n) is 3.65. The highest BCUT2D eigenvalue weighted by Gasteiger charge is 2.05. The number of benzene rings is 2. The molecule has 0 saturated heterocycles. The Morgan fingerprint density at radius 1 is 1.12 bits per heavy atom. The monoisotopic (exact) mass is 331 g/mol. The predicted octanol–water partition coefficient (Wildman–Crippen LogP) is 5.05. The van der Waals surface area contributed by atoms with Gasteiger partial charge in [0.25, 0.3) is 0 Å². The van der Waals surface area contributed by atoms with Gasteiger partial charge in [-0.3, -0.25) is 10.4 Å². The van der Waals surface area contributed by atoms with Crippen molar-refractivity contribution in [1.29, 1.82) is 0 Å². The number of aromatic nitrogens is 1. The molecule has 0 radical (unpaired) electrons. The first-order chi connectivity index (χ1) is 12.3. The lowest BCUT2D eigenvalue weighted by atomic mass is 10.1. The molecule has 0 unspecified atom stereocenters. The molecule has 0 aliphatic heterocycles. The van der Waals surface area contributed by atoms with Crippen molar-refractivity contribution in [3.8, 4) is 5.75 Å². The van der Waals surface area contributed by atoms with E-state index < -0.39 is 0 Å². The number of anilines is 1. The maximum atomic E-state index is 5.55. The van der Waals surface area contributed by atoms with Crippen LogP contribution in [0.5, 0.6) is 5.75 Å². The lowest BCUT2D eigenvalue weighted by Crippen LogP contribution is -1.95. The van der Waals surface area contributed by atoms with Gasteiger partial charge in [-0.15, -0.1) is 0 Å². The maximum absolute atomic E-state index is 5.55. The number of hydrogen-bond donors (Lipinski definition) is 1. The van der Waals surface area contributed by atoms with Crippen LogP contribution in [0.4, 0.5) is 5.69 Å². The van der Waals surface area contributed by atoms with Crippen molar-refractivity contribution in [3.63, 3.8) is 0 Å². The van der Waals surface area contributed by atoms with Crippen LogP contribution in [0.2, 0.25) is 0 Å². The zero-order valence-electron chi connectivity index (χ0n) is 14.4. The summed E-state index contributed by atoms with van der Waals surface area (Å²) in [5.41, 5.74) is 6.99. The molecule has 1 N–H and O–H groups in total. The first-order valence-electron chi connectivity index (χ1n) is 8.31. The van der Waals surface area contributed by atoms with Crippen LogP contribution in [0.25, 0.3) is 17.0 Å². The molecule has 4 nitrogen and oxygen atoms in total. The number of nitrogens with zero attached hydrogens (tertiary/aromatic N) is 2. The number of nitrogens with one attached hydrogen (secondary N) is 1. The lowest BCUT2D eigenvalue weighted by Gasteiger charge is -2.09. The van der Waals surface area contributed by atoms with Crippen molar-refractivity contribution in [3.05, 3.63) is 71.9 Å². The molecular weight excluding hydrogens is 310 g/mol.